The molecule has 4 nitrogen and oxygen atoms in total. The number of pyridine rings is 1. The Kier molecular flexibility index (Phi) is 5.90. The predicted molar refractivity (Wildman–Crippen MR) is 108 cm³/mol. The highest BCUT2D eigenvalue weighted by atomic mass is 79.9. The van der Waals surface area contributed by atoms with Crippen LogP contribution in [0.15, 0.2) is 59.1 Å². The Labute approximate surface area is 170 Å². The van der Waals surface area contributed by atoms with Gasteiger partial charge in [-0.05, 0) is 37.3 Å². The summed E-state index contributed by atoms with van der Waals surface area (Å²) in [6, 6.07) is 18.2. The highest BCUT2D eigenvalue weighted by Crippen LogP contribution is 2.32. The molecule has 27 heavy (non-hydrogen) atoms. The zero-order chi connectivity index (χ0) is 19.4. The van der Waals surface area contributed by atoms with Crippen LogP contribution < -0.4 is 0 Å². The second kappa shape index (κ2) is 8.34. The standard InChI is InChI=1S/C21H14BrClN2O2/c1-2-27-21(26)15-5-3-13(4-6-15)19-11-18(23)17(12-24)20(25-19)14-7-9-16(22)10-8-14/h3-11H,2H2,1H3. The molecule has 0 saturated carbocycles. The number of nitrogens with zero attached hydrogens (tertiary/aromatic N) is 2. The van der Waals surface area contributed by atoms with Gasteiger partial charge in [0, 0.05) is 15.6 Å². The van der Waals surface area contributed by atoms with Crippen molar-refractivity contribution in [2.45, 2.75) is 6.92 Å². The van der Waals surface area contributed by atoms with Crippen LogP contribution in [0.2, 0.25) is 5.02 Å². The molecule has 0 saturated heterocycles. The summed E-state index contributed by atoms with van der Waals surface area (Å²) in [6.45, 7) is 2.09. The Hall–Kier alpha value is -2.68. The molecule has 2 aromatic carbocycles. The van der Waals surface area contributed by atoms with Gasteiger partial charge in [-0.3, -0.25) is 0 Å². The summed E-state index contributed by atoms with van der Waals surface area (Å²) >= 11 is 9.74. The minimum absolute atomic E-state index is 0.323. The zero-order valence-corrected chi connectivity index (χ0v) is 16.7. The summed E-state index contributed by atoms with van der Waals surface area (Å²) in [5.41, 5.74) is 3.50. The van der Waals surface area contributed by atoms with E-state index in [0.717, 1.165) is 15.6 Å². The van der Waals surface area contributed by atoms with E-state index < -0.39 is 0 Å². The van der Waals surface area contributed by atoms with Crippen LogP contribution in [0.4, 0.5) is 0 Å². The maximum Gasteiger partial charge on any atom is 0.338 e. The van der Waals surface area contributed by atoms with E-state index in [-0.39, 0.29) is 5.97 Å². The first kappa shape index (κ1) is 19.1. The van der Waals surface area contributed by atoms with Crippen molar-refractivity contribution in [3.05, 3.63) is 75.2 Å². The Morgan fingerprint density at radius 2 is 1.78 bits per heavy atom. The number of esters is 1. The van der Waals surface area contributed by atoms with Gasteiger partial charge in [-0.1, -0.05) is 51.8 Å². The maximum absolute atomic E-state index is 11.8. The van der Waals surface area contributed by atoms with Gasteiger partial charge in [-0.25, -0.2) is 9.78 Å². The van der Waals surface area contributed by atoms with Crippen LogP contribution >= 0.6 is 27.5 Å². The molecule has 0 fully saturated rings. The minimum Gasteiger partial charge on any atom is -0.462 e. The van der Waals surface area contributed by atoms with Gasteiger partial charge >= 0.3 is 5.97 Å². The molecular formula is C21H14BrClN2O2. The number of ether oxygens (including phenoxy) is 1. The van der Waals surface area contributed by atoms with E-state index >= 15 is 0 Å². The fourth-order valence-corrected chi connectivity index (χ4v) is 3.08. The molecule has 1 heterocycles. The second-order valence-corrected chi connectivity index (χ2v) is 6.95. The molecule has 0 atom stereocenters. The maximum atomic E-state index is 11.8. The summed E-state index contributed by atoms with van der Waals surface area (Å²) in [5, 5.41) is 9.82. The molecule has 1 aromatic heterocycles. The topological polar surface area (TPSA) is 63.0 Å². The molecule has 0 N–H and O–H groups in total. The molecule has 0 aliphatic rings. The molecule has 6 heteroatoms. The molecule has 3 aromatic rings. The summed E-state index contributed by atoms with van der Waals surface area (Å²) < 4.78 is 5.93. The van der Waals surface area contributed by atoms with Gasteiger partial charge in [0.2, 0.25) is 0 Å². The largest absolute Gasteiger partial charge is 0.462 e. The first-order valence-corrected chi connectivity index (χ1v) is 9.34. The number of carbonyl (C=O) groups is 1. The van der Waals surface area contributed by atoms with Gasteiger partial charge in [-0.15, -0.1) is 0 Å². The highest BCUT2D eigenvalue weighted by Gasteiger charge is 2.15. The first-order valence-electron chi connectivity index (χ1n) is 8.17. The van der Waals surface area contributed by atoms with Gasteiger partial charge < -0.3 is 4.74 Å². The number of hydrogen-bond donors (Lipinski definition) is 0. The number of carbonyl (C=O) groups excluding carboxylic acids is 1. The van der Waals surface area contributed by atoms with Crippen LogP contribution in [0.25, 0.3) is 22.5 Å². The molecule has 0 unspecified atom stereocenters. The minimum atomic E-state index is -0.370. The van der Waals surface area contributed by atoms with Gasteiger partial charge in [0.15, 0.2) is 0 Å². The number of rotatable bonds is 4. The third kappa shape index (κ3) is 4.19. The summed E-state index contributed by atoms with van der Waals surface area (Å²) in [6.07, 6.45) is 0. The molecule has 3 rings (SSSR count). The average molecular weight is 442 g/mol. The fourth-order valence-electron chi connectivity index (χ4n) is 2.58. The quantitative estimate of drug-likeness (QED) is 0.474. The summed E-state index contributed by atoms with van der Waals surface area (Å²) in [7, 11) is 0. The molecule has 0 aliphatic heterocycles. The lowest BCUT2D eigenvalue weighted by atomic mass is 10.0. The molecule has 0 radical (unpaired) electrons. The average Bonchev–Trinajstić information content (AvgIpc) is 2.68. The van der Waals surface area contributed by atoms with E-state index in [4.69, 9.17) is 16.3 Å². The van der Waals surface area contributed by atoms with E-state index in [2.05, 4.69) is 27.0 Å². The van der Waals surface area contributed by atoms with Crippen molar-refractivity contribution in [2.24, 2.45) is 0 Å². The summed E-state index contributed by atoms with van der Waals surface area (Å²) in [5.74, 6) is -0.370. The second-order valence-electron chi connectivity index (χ2n) is 5.63. The Balaban J connectivity index is 2.05. The van der Waals surface area contributed by atoms with E-state index in [9.17, 15) is 10.1 Å². The van der Waals surface area contributed by atoms with Crippen molar-refractivity contribution >= 4 is 33.5 Å². The molecule has 0 spiro atoms. The van der Waals surface area contributed by atoms with Gasteiger partial charge in [0.25, 0.3) is 0 Å². The number of benzene rings is 2. The predicted octanol–water partition coefficient (Wildman–Crippen LogP) is 5.88. The summed E-state index contributed by atoms with van der Waals surface area (Å²) in [4.78, 5) is 16.4. The molecule has 0 bridgehead atoms. The molecule has 0 amide bonds. The van der Waals surface area contributed by atoms with Crippen LogP contribution in [0.5, 0.6) is 0 Å². The fraction of sp³-hybridized carbons (Fsp3) is 0.0952. The van der Waals surface area contributed by atoms with Crippen molar-refractivity contribution in [1.82, 2.24) is 4.98 Å². The Morgan fingerprint density at radius 1 is 1.15 bits per heavy atom. The lowest BCUT2D eigenvalue weighted by Gasteiger charge is -2.10. The Morgan fingerprint density at radius 3 is 2.37 bits per heavy atom. The number of aromatic nitrogens is 1. The van der Waals surface area contributed by atoms with Crippen molar-refractivity contribution in [3.63, 3.8) is 0 Å². The van der Waals surface area contributed by atoms with E-state index in [1.165, 1.54) is 0 Å². The third-order valence-corrected chi connectivity index (χ3v) is 4.72. The number of hydrogen-bond acceptors (Lipinski definition) is 4. The SMILES string of the molecule is CCOC(=O)c1ccc(-c2cc(Cl)c(C#N)c(-c3ccc(Br)cc3)n2)cc1. The molecular weight excluding hydrogens is 428 g/mol. The number of halogens is 2. The van der Waals surface area contributed by atoms with Crippen LogP contribution in [-0.2, 0) is 4.74 Å². The van der Waals surface area contributed by atoms with Gasteiger partial charge in [0.05, 0.1) is 34.1 Å². The lowest BCUT2D eigenvalue weighted by Crippen LogP contribution is -2.04. The monoisotopic (exact) mass is 440 g/mol. The first-order chi connectivity index (χ1) is 13.0. The molecule has 0 aliphatic carbocycles. The van der Waals surface area contributed by atoms with Crippen LogP contribution in [0, 0.1) is 11.3 Å². The van der Waals surface area contributed by atoms with Crippen LogP contribution in [0.3, 0.4) is 0 Å². The normalized spacial score (nSPS) is 10.3. The zero-order valence-electron chi connectivity index (χ0n) is 14.4. The van der Waals surface area contributed by atoms with E-state index in [1.807, 2.05) is 24.3 Å². The van der Waals surface area contributed by atoms with Crippen molar-refractivity contribution in [3.8, 4) is 28.6 Å². The van der Waals surface area contributed by atoms with Crippen LogP contribution in [0.1, 0.15) is 22.8 Å². The van der Waals surface area contributed by atoms with E-state index in [1.54, 1.807) is 37.3 Å². The van der Waals surface area contributed by atoms with Gasteiger partial charge in [-0.2, -0.15) is 5.26 Å². The highest BCUT2D eigenvalue weighted by molar-refractivity contribution is 9.10. The van der Waals surface area contributed by atoms with Crippen LogP contribution in [-0.4, -0.2) is 17.6 Å². The molecule has 134 valence electrons. The van der Waals surface area contributed by atoms with Crippen molar-refractivity contribution in [1.29, 1.82) is 5.26 Å². The van der Waals surface area contributed by atoms with E-state index in [0.29, 0.717) is 34.1 Å². The third-order valence-electron chi connectivity index (χ3n) is 3.89. The van der Waals surface area contributed by atoms with Gasteiger partial charge in [0.1, 0.15) is 6.07 Å². The Bertz CT molecular complexity index is 1030. The van der Waals surface area contributed by atoms with Crippen molar-refractivity contribution in [2.75, 3.05) is 6.61 Å². The van der Waals surface area contributed by atoms with Crippen molar-refractivity contribution < 1.29 is 9.53 Å². The smallest absolute Gasteiger partial charge is 0.338 e. The number of nitriles is 1. The lowest BCUT2D eigenvalue weighted by molar-refractivity contribution is 0.0526.